The Balaban J connectivity index is 1.15. The van der Waals surface area contributed by atoms with Gasteiger partial charge in [0.2, 0.25) is 11.8 Å². The predicted molar refractivity (Wildman–Crippen MR) is 119 cm³/mol. The molecule has 5 aliphatic rings. The van der Waals surface area contributed by atoms with Crippen molar-refractivity contribution in [1.29, 1.82) is 0 Å². The maximum atomic E-state index is 13.3. The highest BCUT2D eigenvalue weighted by atomic mass is 16.2. The smallest absolute Gasteiger partial charge is 0.262 e. The number of rotatable bonds is 4. The highest BCUT2D eigenvalue weighted by Gasteiger charge is 2.53. The van der Waals surface area contributed by atoms with Crippen LogP contribution in [0.1, 0.15) is 71.2 Å². The summed E-state index contributed by atoms with van der Waals surface area (Å²) in [5.41, 5.74) is 2.21. The Morgan fingerprint density at radius 2 is 1.79 bits per heavy atom. The molecule has 1 aliphatic carbocycles. The van der Waals surface area contributed by atoms with E-state index in [1.807, 2.05) is 12.1 Å². The lowest BCUT2D eigenvalue weighted by Gasteiger charge is -2.60. The Morgan fingerprint density at radius 1 is 1.00 bits per heavy atom. The van der Waals surface area contributed by atoms with Gasteiger partial charge in [-0.05, 0) is 68.2 Å². The van der Waals surface area contributed by atoms with E-state index < -0.39 is 23.8 Å². The van der Waals surface area contributed by atoms with E-state index in [0.29, 0.717) is 29.1 Å². The number of hydrogen-bond acceptors (Lipinski definition) is 6. The number of nitrogens with zero attached hydrogens (tertiary/aromatic N) is 2. The fourth-order valence-corrected chi connectivity index (χ4v) is 6.70. The van der Waals surface area contributed by atoms with Crippen LogP contribution in [0.3, 0.4) is 0 Å². The zero-order chi connectivity index (χ0) is 22.7. The first kappa shape index (κ1) is 21.0. The highest BCUT2D eigenvalue weighted by Crippen LogP contribution is 2.52. The van der Waals surface area contributed by atoms with Gasteiger partial charge in [-0.1, -0.05) is 18.6 Å². The fourth-order valence-electron chi connectivity index (χ4n) is 6.70. The van der Waals surface area contributed by atoms with Gasteiger partial charge in [0.15, 0.2) is 0 Å². The van der Waals surface area contributed by atoms with Crippen molar-refractivity contribution in [3.63, 3.8) is 0 Å². The van der Waals surface area contributed by atoms with E-state index in [0.717, 1.165) is 42.3 Å². The lowest BCUT2D eigenvalue weighted by molar-refractivity contribution is -0.136. The summed E-state index contributed by atoms with van der Waals surface area (Å²) in [6.45, 7) is 3.79. The molecule has 4 amide bonds. The predicted octanol–water partition coefficient (Wildman–Crippen LogP) is 1.44. The van der Waals surface area contributed by atoms with Gasteiger partial charge in [-0.25, -0.2) is 0 Å². The van der Waals surface area contributed by atoms with Crippen LogP contribution < -0.4 is 10.6 Å². The molecule has 1 aromatic carbocycles. The summed E-state index contributed by atoms with van der Waals surface area (Å²) in [4.78, 5) is 53.6. The standard InChI is InChI=1S/C25H30N4O4/c30-19-6-5-18(22(31)27-19)29-23(32)17-4-1-3-16(20(17)24(29)33)13-28-11-7-15(8-12-28)21-25(14-26-21)9-2-10-25/h1,3-4,15,18,21,26H,2,5-14H2,(H,27,30,31). The van der Waals surface area contributed by atoms with Crippen molar-refractivity contribution in [2.75, 3.05) is 19.6 Å². The van der Waals surface area contributed by atoms with Crippen LogP contribution in [0.4, 0.5) is 0 Å². The van der Waals surface area contributed by atoms with E-state index in [1.165, 1.54) is 25.8 Å². The third kappa shape index (κ3) is 3.26. The summed E-state index contributed by atoms with van der Waals surface area (Å²) >= 11 is 0. The van der Waals surface area contributed by atoms with Crippen LogP contribution >= 0.6 is 0 Å². The van der Waals surface area contributed by atoms with Crippen LogP contribution in [-0.4, -0.2) is 65.1 Å². The van der Waals surface area contributed by atoms with Gasteiger partial charge in [0.1, 0.15) is 6.04 Å². The van der Waals surface area contributed by atoms with Crippen LogP contribution in [0, 0.1) is 11.3 Å². The molecule has 3 saturated heterocycles. The van der Waals surface area contributed by atoms with Gasteiger partial charge >= 0.3 is 0 Å². The summed E-state index contributed by atoms with van der Waals surface area (Å²) in [6.07, 6.45) is 6.74. The van der Waals surface area contributed by atoms with E-state index in [1.54, 1.807) is 6.07 Å². The largest absolute Gasteiger partial charge is 0.312 e. The molecule has 1 aromatic rings. The van der Waals surface area contributed by atoms with Gasteiger partial charge in [-0.2, -0.15) is 0 Å². The van der Waals surface area contributed by atoms with Gasteiger partial charge in [0, 0.05) is 25.6 Å². The molecule has 1 saturated carbocycles. The highest BCUT2D eigenvalue weighted by molar-refractivity contribution is 6.24. The van der Waals surface area contributed by atoms with E-state index in [-0.39, 0.29) is 18.7 Å². The maximum Gasteiger partial charge on any atom is 0.262 e. The third-order valence-corrected chi connectivity index (χ3v) is 8.74. The zero-order valence-corrected chi connectivity index (χ0v) is 18.8. The van der Waals surface area contributed by atoms with E-state index >= 15 is 0 Å². The second-order valence-corrected chi connectivity index (χ2v) is 10.5. The second-order valence-electron chi connectivity index (χ2n) is 10.5. The molecule has 0 aromatic heterocycles. The molecule has 8 heteroatoms. The quantitative estimate of drug-likeness (QED) is 0.674. The van der Waals surface area contributed by atoms with E-state index in [9.17, 15) is 19.2 Å². The summed E-state index contributed by atoms with van der Waals surface area (Å²) < 4.78 is 0. The molecule has 4 heterocycles. The van der Waals surface area contributed by atoms with Crippen LogP contribution in [0.5, 0.6) is 0 Å². The first-order valence-corrected chi connectivity index (χ1v) is 12.3. The number of imide groups is 2. The second kappa shape index (κ2) is 7.74. The number of carbonyl (C=O) groups excluding carboxylic acids is 4. The van der Waals surface area contributed by atoms with Crippen molar-refractivity contribution in [3.05, 3.63) is 34.9 Å². The van der Waals surface area contributed by atoms with Crippen LogP contribution in [-0.2, 0) is 16.1 Å². The number of hydrogen-bond donors (Lipinski definition) is 2. The van der Waals surface area contributed by atoms with Crippen molar-refractivity contribution >= 4 is 23.6 Å². The molecule has 0 bridgehead atoms. The lowest BCUT2D eigenvalue weighted by atomic mass is 9.55. The average molecular weight is 451 g/mol. The monoisotopic (exact) mass is 450 g/mol. The fraction of sp³-hybridized carbons (Fsp3) is 0.600. The molecule has 33 heavy (non-hydrogen) atoms. The number of fused-ring (bicyclic) bond motifs is 1. The molecule has 174 valence electrons. The maximum absolute atomic E-state index is 13.3. The molecule has 2 N–H and O–H groups in total. The van der Waals surface area contributed by atoms with Gasteiger partial charge in [-0.15, -0.1) is 0 Å². The number of nitrogens with one attached hydrogen (secondary N) is 2. The van der Waals surface area contributed by atoms with E-state index in [4.69, 9.17) is 0 Å². The Morgan fingerprint density at radius 3 is 2.42 bits per heavy atom. The Kier molecular flexibility index (Phi) is 4.92. The summed E-state index contributed by atoms with van der Waals surface area (Å²) in [5, 5.41) is 5.95. The number of piperidine rings is 2. The topological polar surface area (TPSA) is 98.8 Å². The first-order valence-electron chi connectivity index (χ1n) is 12.3. The van der Waals surface area contributed by atoms with Crippen molar-refractivity contribution in [2.24, 2.45) is 11.3 Å². The Bertz CT molecular complexity index is 1040. The Hall–Kier alpha value is -2.58. The number of benzene rings is 1. The number of amides is 4. The summed E-state index contributed by atoms with van der Waals surface area (Å²) in [5.74, 6) is -1.06. The van der Waals surface area contributed by atoms with E-state index in [2.05, 4.69) is 15.5 Å². The van der Waals surface area contributed by atoms with Crippen LogP contribution in [0.25, 0.3) is 0 Å². The first-order chi connectivity index (χ1) is 16.0. The van der Waals surface area contributed by atoms with Crippen LogP contribution in [0.15, 0.2) is 18.2 Å². The van der Waals surface area contributed by atoms with Gasteiger partial charge in [-0.3, -0.25) is 34.3 Å². The molecule has 2 unspecified atom stereocenters. The van der Waals surface area contributed by atoms with Crippen molar-refractivity contribution in [2.45, 2.75) is 63.6 Å². The molecule has 6 rings (SSSR count). The molecular weight excluding hydrogens is 420 g/mol. The summed E-state index contributed by atoms with van der Waals surface area (Å²) in [7, 11) is 0. The molecule has 4 fully saturated rings. The minimum atomic E-state index is -0.924. The third-order valence-electron chi connectivity index (χ3n) is 8.74. The molecule has 4 aliphatic heterocycles. The Labute approximate surface area is 193 Å². The molecule has 2 atom stereocenters. The van der Waals surface area contributed by atoms with Crippen molar-refractivity contribution < 1.29 is 19.2 Å². The van der Waals surface area contributed by atoms with Crippen molar-refractivity contribution in [1.82, 2.24) is 20.4 Å². The van der Waals surface area contributed by atoms with Gasteiger partial charge in [0.25, 0.3) is 11.8 Å². The van der Waals surface area contributed by atoms with Gasteiger partial charge < -0.3 is 5.32 Å². The molecule has 1 spiro atoms. The molecule has 8 nitrogen and oxygen atoms in total. The molecule has 0 radical (unpaired) electrons. The minimum absolute atomic E-state index is 0.128. The molecular formula is C25H30N4O4. The van der Waals surface area contributed by atoms with Crippen LogP contribution in [0.2, 0.25) is 0 Å². The normalized spacial score (nSPS) is 29.6. The summed E-state index contributed by atoms with van der Waals surface area (Å²) in [6, 6.07) is 5.15. The number of carbonyl (C=O) groups is 4. The average Bonchev–Trinajstić information content (AvgIpc) is 2.99. The SMILES string of the molecule is O=C1CCC(N2C(=O)c3cccc(CN4CCC(C5NCC56CCC6)CC4)c3C2=O)C(=O)N1. The number of likely N-dealkylation sites (tertiary alicyclic amines) is 1. The van der Waals surface area contributed by atoms with Gasteiger partial charge in [0.05, 0.1) is 11.1 Å². The lowest BCUT2D eigenvalue weighted by Crippen LogP contribution is -2.68. The van der Waals surface area contributed by atoms with Crippen molar-refractivity contribution in [3.8, 4) is 0 Å². The zero-order valence-electron chi connectivity index (χ0n) is 18.8. The minimum Gasteiger partial charge on any atom is -0.312 e.